The molecule has 0 bridgehead atoms. The summed E-state index contributed by atoms with van der Waals surface area (Å²) in [4.78, 5) is 47.7. The van der Waals surface area contributed by atoms with Gasteiger partial charge in [0.25, 0.3) is 0 Å². The molecule has 334 valence electrons. The van der Waals surface area contributed by atoms with E-state index in [1.807, 2.05) is 0 Å². The van der Waals surface area contributed by atoms with E-state index in [-0.39, 0.29) is 30.9 Å². The highest BCUT2D eigenvalue weighted by molar-refractivity contribution is 5.87. The van der Waals surface area contributed by atoms with Gasteiger partial charge in [0.15, 0.2) is 0 Å². The zero-order valence-electron chi connectivity index (χ0n) is 37.0. The molecule has 0 saturated heterocycles. The smallest absolute Gasteiger partial charge is 0.328 e. The van der Waals surface area contributed by atoms with Crippen LogP contribution in [0, 0.1) is 0 Å². The number of unbranched alkanes of at least 4 members (excludes halogenated alkanes) is 20. The first-order valence-corrected chi connectivity index (χ1v) is 23.5. The van der Waals surface area contributed by atoms with Crippen LogP contribution in [-0.2, 0) is 23.9 Å². The average molecular weight is 815 g/mol. The van der Waals surface area contributed by atoms with Gasteiger partial charge in [0.05, 0.1) is 13.2 Å². The Morgan fingerprint density at radius 1 is 0.517 bits per heavy atom. The highest BCUT2D eigenvalue weighted by atomic mass is 16.5. The lowest BCUT2D eigenvalue weighted by molar-refractivity contribution is -0.150. The second kappa shape index (κ2) is 43.4. The largest absolute Gasteiger partial charge is 0.480 e. The summed E-state index contributed by atoms with van der Waals surface area (Å²) in [5.41, 5.74) is 0. The fourth-order valence-electron chi connectivity index (χ4n) is 6.66. The van der Waals surface area contributed by atoms with E-state index in [1.54, 1.807) is 0 Å². The highest BCUT2D eigenvalue weighted by Gasteiger charge is 2.19. The molecule has 0 spiro atoms. The van der Waals surface area contributed by atoms with Gasteiger partial charge in [0.1, 0.15) is 12.1 Å². The number of rotatable bonds is 42. The van der Waals surface area contributed by atoms with E-state index in [0.717, 1.165) is 77.0 Å². The number of aliphatic hydroxyl groups excluding tert-OH is 1. The molecule has 0 aliphatic heterocycles. The maximum atomic E-state index is 12.8. The van der Waals surface area contributed by atoms with Crippen molar-refractivity contribution >= 4 is 23.8 Å². The van der Waals surface area contributed by atoms with Crippen LogP contribution in [0.2, 0.25) is 0 Å². The Kier molecular flexibility index (Phi) is 41.0. The molecule has 2 atom stereocenters. The minimum Gasteiger partial charge on any atom is -0.480 e. The lowest BCUT2D eigenvalue weighted by atomic mass is 10.0. The number of carboxylic acid groups (broad SMARTS) is 1. The van der Waals surface area contributed by atoms with Crippen LogP contribution >= 0.6 is 0 Å². The molecule has 0 aromatic carbocycles. The van der Waals surface area contributed by atoms with Crippen molar-refractivity contribution in [3.63, 3.8) is 0 Å². The highest BCUT2D eigenvalue weighted by Crippen LogP contribution is 2.18. The van der Waals surface area contributed by atoms with Gasteiger partial charge in [0, 0.05) is 12.8 Å². The van der Waals surface area contributed by atoms with Crippen LogP contribution in [0.5, 0.6) is 0 Å². The van der Waals surface area contributed by atoms with E-state index in [1.165, 1.54) is 103 Å². The van der Waals surface area contributed by atoms with E-state index in [9.17, 15) is 19.2 Å². The standard InChI is InChI=1S/C49H86N2O7/c1-3-5-7-9-11-13-15-17-18-19-20-22-24-26-28-33-37-41-48(55)58-44(38-34-30-27-25-23-21-16-14-12-10-8-6-4-2)39-35-31-29-32-36-40-46(53)50-42-47(54)51-45(43-52)49(56)57/h11,13,16-18,21,25,27,44-45,52H,3-10,12,14-15,19-20,22-24,26,28-43H2,1-2H3,(H,50,53)(H,51,54)(H,56,57)/b13-11-,18-17-,21-16-,27-25-. The maximum absolute atomic E-state index is 12.8. The zero-order valence-corrected chi connectivity index (χ0v) is 37.0. The SMILES string of the molecule is CCCCC/C=C\C/C=C\CCCCCCCCCC(=O)OC(CCC/C=C\C/C=C\CCCCCCC)CCCCCCCC(=O)NCC(=O)NC(CO)C(=O)O. The third-order valence-corrected chi connectivity index (χ3v) is 10.3. The molecule has 0 aliphatic rings. The lowest BCUT2D eigenvalue weighted by Gasteiger charge is -2.18. The number of amides is 2. The molecule has 9 nitrogen and oxygen atoms in total. The van der Waals surface area contributed by atoms with Gasteiger partial charge in [-0.2, -0.15) is 0 Å². The summed E-state index contributed by atoms with van der Waals surface area (Å²) in [5.74, 6) is -2.33. The molecule has 0 aliphatic carbocycles. The number of nitrogens with one attached hydrogen (secondary N) is 2. The third kappa shape index (κ3) is 39.6. The minimum atomic E-state index is -1.39. The molecule has 0 aromatic heterocycles. The molecule has 58 heavy (non-hydrogen) atoms. The van der Waals surface area contributed by atoms with Crippen molar-refractivity contribution in [2.75, 3.05) is 13.2 Å². The molecule has 0 radical (unpaired) electrons. The van der Waals surface area contributed by atoms with E-state index >= 15 is 0 Å². The van der Waals surface area contributed by atoms with Gasteiger partial charge in [-0.1, -0.05) is 152 Å². The summed E-state index contributed by atoms with van der Waals surface area (Å²) < 4.78 is 6.02. The van der Waals surface area contributed by atoms with Gasteiger partial charge in [0.2, 0.25) is 11.8 Å². The van der Waals surface area contributed by atoms with Crippen molar-refractivity contribution in [1.82, 2.24) is 10.6 Å². The van der Waals surface area contributed by atoms with Crippen molar-refractivity contribution < 1.29 is 34.1 Å². The van der Waals surface area contributed by atoms with Gasteiger partial charge in [-0.15, -0.1) is 0 Å². The van der Waals surface area contributed by atoms with Crippen molar-refractivity contribution in [3.05, 3.63) is 48.6 Å². The van der Waals surface area contributed by atoms with Crippen LogP contribution in [-0.4, -0.2) is 59.3 Å². The molecule has 9 heteroatoms. The summed E-state index contributed by atoms with van der Waals surface area (Å²) in [7, 11) is 0. The Labute approximate surface area is 354 Å². The summed E-state index contributed by atoms with van der Waals surface area (Å²) >= 11 is 0. The van der Waals surface area contributed by atoms with Crippen molar-refractivity contribution in [3.8, 4) is 0 Å². The van der Waals surface area contributed by atoms with Crippen LogP contribution < -0.4 is 10.6 Å². The number of aliphatic hydroxyl groups is 1. The average Bonchev–Trinajstić information content (AvgIpc) is 3.21. The fourth-order valence-corrected chi connectivity index (χ4v) is 6.66. The normalized spacial score (nSPS) is 12.9. The maximum Gasteiger partial charge on any atom is 0.328 e. The monoisotopic (exact) mass is 815 g/mol. The quantitative estimate of drug-likeness (QED) is 0.0273. The second-order valence-corrected chi connectivity index (χ2v) is 15.8. The Morgan fingerprint density at radius 3 is 1.48 bits per heavy atom. The number of hydrogen-bond acceptors (Lipinski definition) is 6. The Bertz CT molecular complexity index is 1120. The van der Waals surface area contributed by atoms with Crippen LogP contribution in [0.3, 0.4) is 0 Å². The van der Waals surface area contributed by atoms with E-state index < -0.39 is 24.5 Å². The number of carboxylic acids is 1. The number of aliphatic carboxylic acids is 1. The fraction of sp³-hybridized carbons (Fsp3) is 0.755. The summed E-state index contributed by atoms with van der Waals surface area (Å²) in [6, 6.07) is -1.39. The Balaban J connectivity index is 4.38. The molecule has 0 heterocycles. The summed E-state index contributed by atoms with van der Waals surface area (Å²) in [6.07, 6.45) is 51.3. The van der Waals surface area contributed by atoms with E-state index in [0.29, 0.717) is 12.8 Å². The van der Waals surface area contributed by atoms with Gasteiger partial charge in [-0.25, -0.2) is 4.79 Å². The predicted molar refractivity (Wildman–Crippen MR) is 241 cm³/mol. The number of hydrogen-bond donors (Lipinski definition) is 4. The molecule has 2 amide bonds. The van der Waals surface area contributed by atoms with Crippen LogP contribution in [0.15, 0.2) is 48.6 Å². The zero-order chi connectivity index (χ0) is 42.6. The lowest BCUT2D eigenvalue weighted by Crippen LogP contribution is -2.47. The van der Waals surface area contributed by atoms with Gasteiger partial charge >= 0.3 is 11.9 Å². The van der Waals surface area contributed by atoms with Crippen LogP contribution in [0.1, 0.15) is 213 Å². The molecule has 0 saturated carbocycles. The molecule has 0 rings (SSSR count). The van der Waals surface area contributed by atoms with Crippen LogP contribution in [0.4, 0.5) is 0 Å². The number of carbonyl (C=O) groups excluding carboxylic acids is 3. The first-order chi connectivity index (χ1) is 28.3. The van der Waals surface area contributed by atoms with Gasteiger partial charge in [-0.05, 0) is 96.3 Å². The molecule has 0 fully saturated rings. The molecule has 4 N–H and O–H groups in total. The van der Waals surface area contributed by atoms with E-state index in [2.05, 4.69) is 73.1 Å². The van der Waals surface area contributed by atoms with Gasteiger partial charge in [-0.3, -0.25) is 14.4 Å². The van der Waals surface area contributed by atoms with Crippen molar-refractivity contribution in [2.24, 2.45) is 0 Å². The number of allylic oxidation sites excluding steroid dienone is 8. The van der Waals surface area contributed by atoms with Crippen molar-refractivity contribution in [2.45, 2.75) is 225 Å². The first-order valence-electron chi connectivity index (χ1n) is 23.5. The molecule has 0 aromatic rings. The molecular weight excluding hydrogens is 729 g/mol. The Hall–Kier alpha value is -3.20. The second-order valence-electron chi connectivity index (χ2n) is 15.8. The number of ether oxygens (including phenoxy) is 1. The Morgan fingerprint density at radius 2 is 0.948 bits per heavy atom. The summed E-state index contributed by atoms with van der Waals surface area (Å²) in [5, 5.41) is 22.6. The number of esters is 1. The topological polar surface area (TPSA) is 142 Å². The van der Waals surface area contributed by atoms with Crippen molar-refractivity contribution in [1.29, 1.82) is 0 Å². The van der Waals surface area contributed by atoms with E-state index in [4.69, 9.17) is 14.9 Å². The number of carbonyl (C=O) groups is 4. The minimum absolute atomic E-state index is 0.0622. The van der Waals surface area contributed by atoms with Gasteiger partial charge < -0.3 is 25.6 Å². The molecule has 2 unspecified atom stereocenters. The third-order valence-electron chi connectivity index (χ3n) is 10.3. The molecular formula is C49H86N2O7. The van der Waals surface area contributed by atoms with Crippen LogP contribution in [0.25, 0.3) is 0 Å². The first kappa shape index (κ1) is 54.8. The predicted octanol–water partition coefficient (Wildman–Crippen LogP) is 11.9. The summed E-state index contributed by atoms with van der Waals surface area (Å²) in [6.45, 7) is 3.44.